The molecule has 0 radical (unpaired) electrons. The lowest BCUT2D eigenvalue weighted by Crippen LogP contribution is -1.95. The van der Waals surface area contributed by atoms with Crippen LogP contribution in [0.25, 0.3) is 6.08 Å². The molecule has 1 rings (SSSR count). The van der Waals surface area contributed by atoms with Crippen molar-refractivity contribution >= 4 is 13.9 Å². The van der Waals surface area contributed by atoms with Crippen molar-refractivity contribution in [2.45, 2.75) is 19.7 Å². The van der Waals surface area contributed by atoms with Gasteiger partial charge in [0.05, 0.1) is 0 Å². The van der Waals surface area contributed by atoms with Crippen LogP contribution in [0.15, 0.2) is 18.7 Å². The summed E-state index contributed by atoms with van der Waals surface area (Å²) in [7, 11) is 2.12. The maximum absolute atomic E-state index is 4.47. The molecule has 0 saturated heterocycles. The summed E-state index contributed by atoms with van der Waals surface area (Å²) in [5.41, 5.74) is 3.49. The molecule has 0 amide bonds. The van der Waals surface area contributed by atoms with Crippen molar-refractivity contribution in [1.82, 2.24) is 4.98 Å². The van der Waals surface area contributed by atoms with Gasteiger partial charge < -0.3 is 0 Å². The molecule has 12 heavy (non-hydrogen) atoms. The van der Waals surface area contributed by atoms with Crippen LogP contribution in [0.1, 0.15) is 23.9 Å². The minimum absolute atomic E-state index is 0.995. The summed E-state index contributed by atoms with van der Waals surface area (Å²) in [6.45, 7) is 5.87. The second-order valence-corrected chi connectivity index (χ2v) is 2.79. The summed E-state index contributed by atoms with van der Waals surface area (Å²) < 4.78 is 0. The van der Waals surface area contributed by atoms with Crippen molar-refractivity contribution in [3.05, 3.63) is 35.7 Å². The number of aryl methyl sites for hydroxylation is 1. The first-order valence-corrected chi connectivity index (χ1v) is 4.42. The largest absolute Gasteiger partial charge is 0.259 e. The molecule has 1 heterocycles. The van der Waals surface area contributed by atoms with Crippen LogP contribution in [-0.4, -0.2) is 12.8 Å². The van der Waals surface area contributed by atoms with Gasteiger partial charge in [-0.1, -0.05) is 19.6 Å². The van der Waals surface area contributed by atoms with Crippen LogP contribution in [0.3, 0.4) is 0 Å². The Bertz CT molecular complexity index is 259. The average molecular weight is 159 g/mol. The lowest BCUT2D eigenvalue weighted by Gasteiger charge is -2.02. The molecule has 2 heteroatoms. The molecule has 0 N–H and O–H groups in total. The van der Waals surface area contributed by atoms with E-state index in [1.807, 2.05) is 6.08 Å². The number of nitrogens with zero attached hydrogens (tertiary/aromatic N) is 1. The molecule has 1 nitrogen and oxygen atoms in total. The average Bonchev–Trinajstić information content (AvgIpc) is 2.16. The fraction of sp³-hybridized carbons (Fsp3) is 0.300. The van der Waals surface area contributed by atoms with Crippen molar-refractivity contribution in [3.8, 4) is 0 Å². The van der Waals surface area contributed by atoms with Gasteiger partial charge >= 0.3 is 0 Å². The number of hydrogen-bond donors (Lipinski definition) is 0. The van der Waals surface area contributed by atoms with Gasteiger partial charge in [-0.3, -0.25) is 4.98 Å². The Kier molecular flexibility index (Phi) is 3.09. The Hall–Kier alpha value is -1.05. The van der Waals surface area contributed by atoms with Gasteiger partial charge in [0.2, 0.25) is 0 Å². The number of aromatic nitrogens is 1. The smallest absolute Gasteiger partial charge is 0.109 e. The Morgan fingerprint density at radius 2 is 2.17 bits per heavy atom. The van der Waals surface area contributed by atoms with Gasteiger partial charge in [-0.15, -0.1) is 0 Å². The van der Waals surface area contributed by atoms with Crippen LogP contribution in [0.4, 0.5) is 0 Å². The minimum atomic E-state index is 0.995. The van der Waals surface area contributed by atoms with Crippen LogP contribution >= 0.6 is 0 Å². The van der Waals surface area contributed by atoms with E-state index in [2.05, 4.69) is 38.5 Å². The van der Waals surface area contributed by atoms with Crippen molar-refractivity contribution in [1.29, 1.82) is 0 Å². The molecule has 0 aliphatic carbocycles. The zero-order chi connectivity index (χ0) is 8.97. The van der Waals surface area contributed by atoms with Crippen molar-refractivity contribution in [2.24, 2.45) is 0 Å². The molecule has 1 aromatic rings. The maximum Gasteiger partial charge on any atom is 0.109 e. The van der Waals surface area contributed by atoms with Crippen LogP contribution in [0.5, 0.6) is 0 Å². The summed E-state index contributed by atoms with van der Waals surface area (Å²) in [5, 5.41) is 0. The van der Waals surface area contributed by atoms with Gasteiger partial charge in [0.15, 0.2) is 0 Å². The maximum atomic E-state index is 4.47. The Balaban J connectivity index is 3.09. The summed E-state index contributed by atoms with van der Waals surface area (Å²) in [5.74, 6) is 0. The Morgan fingerprint density at radius 3 is 2.67 bits per heavy atom. The molecule has 0 aliphatic rings. The van der Waals surface area contributed by atoms with Crippen molar-refractivity contribution in [3.63, 3.8) is 0 Å². The molecular weight excluding hydrogens is 145 g/mol. The zero-order valence-corrected chi connectivity index (χ0v) is 7.80. The Morgan fingerprint density at radius 1 is 1.50 bits per heavy atom. The zero-order valence-electron chi connectivity index (χ0n) is 7.80. The van der Waals surface area contributed by atoms with E-state index in [1.54, 1.807) is 0 Å². The molecule has 0 fully saturated rings. The van der Waals surface area contributed by atoms with E-state index in [-0.39, 0.29) is 0 Å². The molecule has 0 spiro atoms. The quantitative estimate of drug-likeness (QED) is 0.607. The molecule has 0 aromatic carbocycles. The highest BCUT2D eigenvalue weighted by molar-refractivity contribution is 6.08. The molecule has 62 valence electrons. The molecule has 0 aliphatic heterocycles. The lowest BCUT2D eigenvalue weighted by atomic mass is 9.99. The third kappa shape index (κ3) is 1.97. The third-order valence-corrected chi connectivity index (χ3v) is 1.91. The van der Waals surface area contributed by atoms with Crippen LogP contribution in [0, 0.1) is 0 Å². The summed E-state index contributed by atoms with van der Waals surface area (Å²) in [6.07, 6.45) is 3.86. The second kappa shape index (κ2) is 4.10. The topological polar surface area (TPSA) is 12.9 Å². The van der Waals surface area contributed by atoms with E-state index in [9.17, 15) is 0 Å². The van der Waals surface area contributed by atoms with E-state index >= 15 is 0 Å². The molecule has 0 atom stereocenters. The van der Waals surface area contributed by atoms with E-state index in [0.29, 0.717) is 0 Å². The van der Waals surface area contributed by atoms with Crippen molar-refractivity contribution < 1.29 is 0 Å². The molecular formula is C10H14BN. The van der Waals surface area contributed by atoms with E-state index in [0.717, 1.165) is 24.1 Å². The highest BCUT2D eigenvalue weighted by Crippen LogP contribution is 2.07. The number of pyridine rings is 1. The summed E-state index contributed by atoms with van der Waals surface area (Å²) >= 11 is 0. The monoisotopic (exact) mass is 159 g/mol. The lowest BCUT2D eigenvalue weighted by molar-refractivity contribution is 0.996. The van der Waals surface area contributed by atoms with E-state index < -0.39 is 0 Å². The fourth-order valence-corrected chi connectivity index (χ4v) is 1.16. The first kappa shape index (κ1) is 9.05. The molecule has 0 unspecified atom stereocenters. The standard InChI is InChI=1S/C10H14BN/c1-3-8-5-9(4-2)12-10(6-8)7-11/h3,5-6H,1,4,7,11H2,2H3. The van der Waals surface area contributed by atoms with Gasteiger partial charge in [-0.2, -0.15) is 0 Å². The van der Waals surface area contributed by atoms with Gasteiger partial charge in [-0.05, 0) is 30.4 Å². The summed E-state index contributed by atoms with van der Waals surface area (Å²) in [6, 6.07) is 4.18. The van der Waals surface area contributed by atoms with Gasteiger partial charge in [0.25, 0.3) is 0 Å². The molecule has 0 saturated carbocycles. The van der Waals surface area contributed by atoms with E-state index in [4.69, 9.17) is 0 Å². The predicted octanol–water partition coefficient (Wildman–Crippen LogP) is 1.42. The minimum Gasteiger partial charge on any atom is -0.259 e. The van der Waals surface area contributed by atoms with Crippen molar-refractivity contribution in [2.75, 3.05) is 0 Å². The molecule has 1 aromatic heterocycles. The van der Waals surface area contributed by atoms with E-state index in [1.165, 1.54) is 5.56 Å². The fourth-order valence-electron chi connectivity index (χ4n) is 1.16. The highest BCUT2D eigenvalue weighted by Gasteiger charge is 1.96. The highest BCUT2D eigenvalue weighted by atomic mass is 14.7. The van der Waals surface area contributed by atoms with Crippen LogP contribution in [-0.2, 0) is 12.7 Å². The number of rotatable bonds is 3. The summed E-state index contributed by atoms with van der Waals surface area (Å²) in [4.78, 5) is 4.47. The number of hydrogen-bond acceptors (Lipinski definition) is 1. The normalized spacial score (nSPS) is 9.75. The third-order valence-electron chi connectivity index (χ3n) is 1.91. The van der Waals surface area contributed by atoms with Gasteiger partial charge in [-0.25, -0.2) is 0 Å². The second-order valence-electron chi connectivity index (χ2n) is 2.79. The first-order chi connectivity index (χ1) is 5.80. The predicted molar refractivity (Wildman–Crippen MR) is 56.0 cm³/mol. The SMILES string of the molecule is BCc1cc(C=C)cc(CC)n1. The first-order valence-electron chi connectivity index (χ1n) is 4.42. The van der Waals surface area contributed by atoms with Crippen LogP contribution in [0.2, 0.25) is 0 Å². The van der Waals surface area contributed by atoms with Gasteiger partial charge in [0.1, 0.15) is 7.85 Å². The Labute approximate surface area is 74.9 Å². The molecule has 0 bridgehead atoms. The van der Waals surface area contributed by atoms with Gasteiger partial charge in [0, 0.05) is 11.4 Å². The van der Waals surface area contributed by atoms with Crippen LogP contribution < -0.4 is 0 Å².